The second-order valence-corrected chi connectivity index (χ2v) is 5.80. The van der Waals surface area contributed by atoms with Crippen LogP contribution in [0.25, 0.3) is 0 Å². The molecule has 2 aromatic rings. The minimum atomic E-state index is 0.253. The number of nitrogens with two attached hydrogens (primary N) is 1. The normalized spacial score (nSPS) is 22.6. The van der Waals surface area contributed by atoms with Gasteiger partial charge in [0.05, 0.1) is 0 Å². The van der Waals surface area contributed by atoms with Gasteiger partial charge in [-0.3, -0.25) is 4.90 Å². The molecule has 1 aliphatic heterocycles. The summed E-state index contributed by atoms with van der Waals surface area (Å²) in [5.74, 6) is 0.313. The van der Waals surface area contributed by atoms with E-state index in [1.165, 1.54) is 16.7 Å². The molecule has 0 saturated carbocycles. The molecule has 0 amide bonds. The summed E-state index contributed by atoms with van der Waals surface area (Å²) in [6, 6.07) is 17.0. The van der Waals surface area contributed by atoms with Crippen LogP contribution in [0.5, 0.6) is 0 Å². The highest BCUT2D eigenvalue weighted by molar-refractivity contribution is 6.31. The van der Waals surface area contributed by atoms with Crippen molar-refractivity contribution in [2.75, 3.05) is 20.1 Å². The van der Waals surface area contributed by atoms with E-state index in [2.05, 4.69) is 42.3 Å². The lowest BCUT2D eigenvalue weighted by Gasteiger charge is -2.39. The second-order valence-electron chi connectivity index (χ2n) is 5.40. The van der Waals surface area contributed by atoms with Crippen molar-refractivity contribution in [2.45, 2.75) is 12.0 Å². The summed E-state index contributed by atoms with van der Waals surface area (Å²) in [6.07, 6.45) is 0. The van der Waals surface area contributed by atoms with E-state index in [-0.39, 0.29) is 6.04 Å². The van der Waals surface area contributed by atoms with Crippen LogP contribution in [0.3, 0.4) is 0 Å². The monoisotopic (exact) mass is 286 g/mol. The molecule has 20 heavy (non-hydrogen) atoms. The minimum absolute atomic E-state index is 0.253. The topological polar surface area (TPSA) is 29.3 Å². The molecule has 2 unspecified atom stereocenters. The first-order chi connectivity index (χ1) is 9.72. The summed E-state index contributed by atoms with van der Waals surface area (Å²) >= 11 is 6.50. The van der Waals surface area contributed by atoms with Crippen LogP contribution in [0.2, 0.25) is 5.02 Å². The van der Waals surface area contributed by atoms with Crippen molar-refractivity contribution in [1.82, 2.24) is 4.90 Å². The van der Waals surface area contributed by atoms with Crippen molar-refractivity contribution in [2.24, 2.45) is 5.73 Å². The van der Waals surface area contributed by atoms with Crippen LogP contribution in [-0.4, -0.2) is 25.0 Å². The van der Waals surface area contributed by atoms with E-state index in [4.69, 9.17) is 17.3 Å². The van der Waals surface area contributed by atoms with Gasteiger partial charge in [-0.2, -0.15) is 0 Å². The van der Waals surface area contributed by atoms with Gasteiger partial charge in [-0.1, -0.05) is 54.1 Å². The van der Waals surface area contributed by atoms with E-state index in [9.17, 15) is 0 Å². The minimum Gasteiger partial charge on any atom is -0.329 e. The highest BCUT2D eigenvalue weighted by Crippen LogP contribution is 2.41. The Morgan fingerprint density at radius 1 is 1.15 bits per heavy atom. The molecule has 2 nitrogen and oxygen atoms in total. The molecular weight excluding hydrogens is 268 g/mol. The van der Waals surface area contributed by atoms with Gasteiger partial charge in [-0.15, -0.1) is 0 Å². The van der Waals surface area contributed by atoms with Gasteiger partial charge in [-0.05, 0) is 29.8 Å². The van der Waals surface area contributed by atoms with E-state index in [1.54, 1.807) is 0 Å². The zero-order valence-corrected chi connectivity index (χ0v) is 12.3. The molecule has 0 fully saturated rings. The zero-order chi connectivity index (χ0) is 14.1. The van der Waals surface area contributed by atoms with Gasteiger partial charge in [-0.25, -0.2) is 0 Å². The molecule has 2 atom stereocenters. The molecule has 0 bridgehead atoms. The van der Waals surface area contributed by atoms with E-state index in [1.807, 2.05) is 18.2 Å². The lowest BCUT2D eigenvalue weighted by atomic mass is 9.81. The molecule has 0 spiro atoms. The first kappa shape index (κ1) is 13.6. The average Bonchev–Trinajstić information content (AvgIpc) is 2.47. The van der Waals surface area contributed by atoms with E-state index in [0.29, 0.717) is 12.5 Å². The molecule has 0 aliphatic carbocycles. The quantitative estimate of drug-likeness (QED) is 0.917. The number of rotatable bonds is 2. The van der Waals surface area contributed by atoms with Crippen LogP contribution in [-0.2, 0) is 0 Å². The lowest BCUT2D eigenvalue weighted by molar-refractivity contribution is 0.223. The Hall–Kier alpha value is -1.35. The fraction of sp³-hybridized carbons (Fsp3) is 0.294. The molecule has 0 radical (unpaired) electrons. The van der Waals surface area contributed by atoms with Crippen LogP contribution < -0.4 is 5.73 Å². The van der Waals surface area contributed by atoms with Crippen molar-refractivity contribution in [3.05, 3.63) is 70.2 Å². The van der Waals surface area contributed by atoms with Crippen LogP contribution in [0.15, 0.2) is 48.5 Å². The number of nitrogens with zero attached hydrogens (tertiary/aromatic N) is 1. The van der Waals surface area contributed by atoms with Gasteiger partial charge < -0.3 is 5.73 Å². The van der Waals surface area contributed by atoms with E-state index < -0.39 is 0 Å². The molecule has 3 rings (SSSR count). The molecule has 1 aliphatic rings. The molecule has 2 N–H and O–H groups in total. The van der Waals surface area contributed by atoms with Crippen LogP contribution in [0.4, 0.5) is 0 Å². The van der Waals surface area contributed by atoms with Crippen molar-refractivity contribution in [1.29, 1.82) is 0 Å². The van der Waals surface area contributed by atoms with Gasteiger partial charge in [0.15, 0.2) is 0 Å². The Morgan fingerprint density at radius 2 is 1.90 bits per heavy atom. The first-order valence-electron chi connectivity index (χ1n) is 6.96. The van der Waals surface area contributed by atoms with Gasteiger partial charge >= 0.3 is 0 Å². The van der Waals surface area contributed by atoms with Crippen LogP contribution >= 0.6 is 11.6 Å². The molecule has 2 aromatic carbocycles. The molecular formula is C17H19ClN2. The SMILES string of the molecule is CN1CC(c2ccccc2)c2c(Cl)cccc2C1CN. The molecule has 0 saturated heterocycles. The summed E-state index contributed by atoms with van der Waals surface area (Å²) in [4.78, 5) is 2.33. The zero-order valence-electron chi connectivity index (χ0n) is 11.6. The first-order valence-corrected chi connectivity index (χ1v) is 7.33. The number of benzene rings is 2. The predicted molar refractivity (Wildman–Crippen MR) is 84.2 cm³/mol. The number of likely N-dealkylation sites (N-methyl/N-ethyl adjacent to an activating group) is 1. The van der Waals surface area contributed by atoms with E-state index >= 15 is 0 Å². The largest absolute Gasteiger partial charge is 0.329 e. The Labute approximate surface area is 125 Å². The third kappa shape index (κ3) is 2.24. The van der Waals surface area contributed by atoms with Crippen molar-refractivity contribution < 1.29 is 0 Å². The van der Waals surface area contributed by atoms with Gasteiger partial charge in [0.25, 0.3) is 0 Å². The van der Waals surface area contributed by atoms with Gasteiger partial charge in [0.2, 0.25) is 0 Å². The summed E-state index contributed by atoms with van der Waals surface area (Å²) in [5, 5.41) is 0.850. The Kier molecular flexibility index (Phi) is 3.79. The molecule has 1 heterocycles. The molecule has 3 heteroatoms. The maximum Gasteiger partial charge on any atom is 0.0471 e. The summed E-state index contributed by atoms with van der Waals surface area (Å²) in [6.45, 7) is 1.56. The third-order valence-electron chi connectivity index (χ3n) is 4.22. The maximum absolute atomic E-state index is 6.50. The summed E-state index contributed by atoms with van der Waals surface area (Å²) in [5.41, 5.74) is 9.78. The average molecular weight is 287 g/mol. The molecule has 104 valence electrons. The van der Waals surface area contributed by atoms with E-state index in [0.717, 1.165) is 11.6 Å². The standard InChI is InChI=1S/C17H19ClN2/c1-20-11-14(12-6-3-2-4-7-12)17-13(16(20)10-19)8-5-9-15(17)18/h2-9,14,16H,10-11,19H2,1H3. The Bertz CT molecular complexity index is 597. The number of hydrogen-bond donors (Lipinski definition) is 1. The van der Waals surface area contributed by atoms with Gasteiger partial charge in [0, 0.05) is 30.1 Å². The fourth-order valence-corrected chi connectivity index (χ4v) is 3.53. The lowest BCUT2D eigenvalue weighted by Crippen LogP contribution is -2.39. The van der Waals surface area contributed by atoms with Crippen molar-refractivity contribution in [3.63, 3.8) is 0 Å². The Balaban J connectivity index is 2.15. The van der Waals surface area contributed by atoms with Crippen molar-refractivity contribution >= 4 is 11.6 Å². The Morgan fingerprint density at radius 3 is 2.60 bits per heavy atom. The summed E-state index contributed by atoms with van der Waals surface area (Å²) in [7, 11) is 2.14. The third-order valence-corrected chi connectivity index (χ3v) is 4.55. The maximum atomic E-state index is 6.50. The highest BCUT2D eigenvalue weighted by Gasteiger charge is 2.32. The highest BCUT2D eigenvalue weighted by atomic mass is 35.5. The van der Waals surface area contributed by atoms with Crippen LogP contribution in [0, 0.1) is 0 Å². The summed E-state index contributed by atoms with van der Waals surface area (Å²) < 4.78 is 0. The smallest absolute Gasteiger partial charge is 0.0471 e. The van der Waals surface area contributed by atoms with Gasteiger partial charge in [0.1, 0.15) is 0 Å². The number of halogens is 1. The van der Waals surface area contributed by atoms with Crippen LogP contribution in [0.1, 0.15) is 28.7 Å². The molecule has 0 aromatic heterocycles. The number of hydrogen-bond acceptors (Lipinski definition) is 2. The predicted octanol–water partition coefficient (Wildman–Crippen LogP) is 3.42. The fourth-order valence-electron chi connectivity index (χ4n) is 3.22. The second kappa shape index (κ2) is 5.57. The number of fused-ring (bicyclic) bond motifs is 1. The van der Waals surface area contributed by atoms with Crippen molar-refractivity contribution in [3.8, 4) is 0 Å².